The van der Waals surface area contributed by atoms with E-state index in [4.69, 9.17) is 0 Å². The highest BCUT2D eigenvalue weighted by atomic mass is 16.1. The lowest BCUT2D eigenvalue weighted by molar-refractivity contribution is -0.125. The number of hydrogen-bond acceptors (Lipinski definition) is 3. The summed E-state index contributed by atoms with van der Waals surface area (Å²) in [6.07, 6.45) is 0.549. The summed E-state index contributed by atoms with van der Waals surface area (Å²) in [5.41, 5.74) is 2.23. The molecule has 116 valence electrons. The number of rotatable bonds is 4. The molecule has 0 N–H and O–H groups in total. The minimum absolute atomic E-state index is 0.263. The van der Waals surface area contributed by atoms with Crippen molar-refractivity contribution in [2.24, 2.45) is 5.41 Å². The molecule has 1 aliphatic heterocycles. The van der Waals surface area contributed by atoms with Crippen LogP contribution in [0.3, 0.4) is 0 Å². The average Bonchev–Trinajstić information content (AvgIpc) is 2.42. The standard InChI is InChI=1S/C18H28N2O/c1-18(2,3)17(21)13-15-7-5-6-8-16(15)14-20-11-9-19(4)10-12-20/h5-8H,9-14H2,1-4H3. The van der Waals surface area contributed by atoms with Crippen molar-refractivity contribution in [1.82, 2.24) is 9.80 Å². The Bertz CT molecular complexity index is 482. The van der Waals surface area contributed by atoms with Gasteiger partial charge in [-0.1, -0.05) is 45.0 Å². The molecule has 0 aliphatic carbocycles. The molecule has 1 aromatic carbocycles. The molecule has 1 fully saturated rings. The molecular formula is C18H28N2O. The van der Waals surface area contributed by atoms with E-state index >= 15 is 0 Å². The van der Waals surface area contributed by atoms with Crippen molar-refractivity contribution in [2.45, 2.75) is 33.7 Å². The first-order valence-corrected chi connectivity index (χ1v) is 7.87. The molecular weight excluding hydrogens is 260 g/mol. The predicted molar refractivity (Wildman–Crippen MR) is 87.4 cm³/mol. The van der Waals surface area contributed by atoms with Crippen LogP contribution in [0.25, 0.3) is 0 Å². The Morgan fingerprint density at radius 1 is 1.05 bits per heavy atom. The zero-order chi connectivity index (χ0) is 15.5. The normalized spacial score (nSPS) is 17.9. The molecule has 1 aromatic rings. The van der Waals surface area contributed by atoms with Crippen LogP contribution in [-0.2, 0) is 17.8 Å². The van der Waals surface area contributed by atoms with Gasteiger partial charge in [-0.2, -0.15) is 0 Å². The fourth-order valence-corrected chi connectivity index (χ4v) is 2.57. The monoisotopic (exact) mass is 288 g/mol. The molecule has 0 spiro atoms. The smallest absolute Gasteiger partial charge is 0.142 e. The largest absolute Gasteiger partial charge is 0.304 e. The fourth-order valence-electron chi connectivity index (χ4n) is 2.57. The summed E-state index contributed by atoms with van der Waals surface area (Å²) in [5, 5.41) is 0. The molecule has 0 atom stereocenters. The molecule has 0 amide bonds. The number of piperazine rings is 1. The topological polar surface area (TPSA) is 23.6 Å². The van der Waals surface area contributed by atoms with Crippen LogP contribution in [0.2, 0.25) is 0 Å². The lowest BCUT2D eigenvalue weighted by Gasteiger charge is -2.32. The molecule has 0 bridgehead atoms. The van der Waals surface area contributed by atoms with Crippen molar-refractivity contribution >= 4 is 5.78 Å². The maximum absolute atomic E-state index is 12.3. The summed E-state index contributed by atoms with van der Waals surface area (Å²) in [7, 11) is 2.17. The summed E-state index contributed by atoms with van der Waals surface area (Å²) in [5.74, 6) is 0.313. The zero-order valence-corrected chi connectivity index (χ0v) is 13.9. The van der Waals surface area contributed by atoms with Crippen LogP contribution >= 0.6 is 0 Å². The van der Waals surface area contributed by atoms with E-state index in [1.807, 2.05) is 26.8 Å². The third-order valence-corrected chi connectivity index (χ3v) is 4.30. The van der Waals surface area contributed by atoms with Crippen molar-refractivity contribution in [3.63, 3.8) is 0 Å². The van der Waals surface area contributed by atoms with Gasteiger partial charge in [0.1, 0.15) is 5.78 Å². The van der Waals surface area contributed by atoms with Gasteiger partial charge in [0.05, 0.1) is 0 Å². The van der Waals surface area contributed by atoms with Crippen LogP contribution < -0.4 is 0 Å². The highest BCUT2D eigenvalue weighted by Crippen LogP contribution is 2.20. The van der Waals surface area contributed by atoms with Crippen molar-refractivity contribution in [2.75, 3.05) is 33.2 Å². The molecule has 1 saturated heterocycles. The lowest BCUT2D eigenvalue weighted by atomic mass is 9.86. The van der Waals surface area contributed by atoms with Crippen LogP contribution in [0.4, 0.5) is 0 Å². The van der Waals surface area contributed by atoms with Gasteiger partial charge in [-0.05, 0) is 18.2 Å². The first-order chi connectivity index (χ1) is 9.86. The molecule has 3 nitrogen and oxygen atoms in total. The molecule has 0 unspecified atom stereocenters. The molecule has 1 heterocycles. The van der Waals surface area contributed by atoms with E-state index in [1.54, 1.807) is 0 Å². The first-order valence-electron chi connectivity index (χ1n) is 7.87. The predicted octanol–water partition coefficient (Wildman–Crippen LogP) is 2.59. The molecule has 21 heavy (non-hydrogen) atoms. The quantitative estimate of drug-likeness (QED) is 0.851. The van der Waals surface area contributed by atoms with Gasteiger partial charge in [0.25, 0.3) is 0 Å². The van der Waals surface area contributed by atoms with Gasteiger partial charge in [0.2, 0.25) is 0 Å². The summed E-state index contributed by atoms with van der Waals surface area (Å²) < 4.78 is 0. The first kappa shape index (κ1) is 16.2. The fraction of sp³-hybridized carbons (Fsp3) is 0.611. The van der Waals surface area contributed by atoms with Crippen LogP contribution in [-0.4, -0.2) is 48.8 Å². The second-order valence-corrected chi connectivity index (χ2v) is 7.20. The minimum Gasteiger partial charge on any atom is -0.304 e. The van der Waals surface area contributed by atoms with Gasteiger partial charge in [-0.15, -0.1) is 0 Å². The second kappa shape index (κ2) is 6.71. The summed E-state index contributed by atoms with van der Waals surface area (Å²) >= 11 is 0. The maximum Gasteiger partial charge on any atom is 0.142 e. The Morgan fingerprint density at radius 3 is 2.19 bits per heavy atom. The number of hydrogen-bond donors (Lipinski definition) is 0. The van der Waals surface area contributed by atoms with Crippen LogP contribution in [0.15, 0.2) is 24.3 Å². The van der Waals surface area contributed by atoms with Gasteiger partial charge in [0.15, 0.2) is 0 Å². The Kier molecular flexibility index (Phi) is 5.17. The van der Waals surface area contributed by atoms with Gasteiger partial charge < -0.3 is 4.90 Å². The number of carbonyl (C=O) groups is 1. The van der Waals surface area contributed by atoms with Gasteiger partial charge >= 0.3 is 0 Å². The molecule has 0 radical (unpaired) electrons. The van der Waals surface area contributed by atoms with Gasteiger partial charge in [-0.25, -0.2) is 0 Å². The van der Waals surface area contributed by atoms with Crippen LogP contribution in [0.5, 0.6) is 0 Å². The molecule has 2 rings (SSSR count). The van der Waals surface area contributed by atoms with Crippen LogP contribution in [0.1, 0.15) is 31.9 Å². The van der Waals surface area contributed by atoms with Gasteiger partial charge in [0, 0.05) is 44.6 Å². The van der Waals surface area contributed by atoms with E-state index in [0.29, 0.717) is 12.2 Å². The van der Waals surface area contributed by atoms with E-state index in [-0.39, 0.29) is 5.41 Å². The lowest BCUT2D eigenvalue weighted by Crippen LogP contribution is -2.44. The van der Waals surface area contributed by atoms with E-state index in [1.165, 1.54) is 11.1 Å². The van der Waals surface area contributed by atoms with Gasteiger partial charge in [-0.3, -0.25) is 9.69 Å². The zero-order valence-electron chi connectivity index (χ0n) is 13.9. The minimum atomic E-state index is -0.263. The number of nitrogens with zero attached hydrogens (tertiary/aromatic N) is 2. The molecule has 0 aromatic heterocycles. The Balaban J connectivity index is 2.05. The third-order valence-electron chi connectivity index (χ3n) is 4.30. The number of likely N-dealkylation sites (N-methyl/N-ethyl adjacent to an activating group) is 1. The molecule has 3 heteroatoms. The maximum atomic E-state index is 12.3. The number of ketones is 1. The summed E-state index contributed by atoms with van der Waals surface area (Å²) in [6.45, 7) is 11.4. The molecule has 1 aliphatic rings. The number of benzene rings is 1. The highest BCUT2D eigenvalue weighted by Gasteiger charge is 2.22. The van der Waals surface area contributed by atoms with Crippen molar-refractivity contribution < 1.29 is 4.79 Å². The van der Waals surface area contributed by atoms with Crippen LogP contribution in [0, 0.1) is 5.41 Å². The second-order valence-electron chi connectivity index (χ2n) is 7.20. The average molecular weight is 288 g/mol. The number of carbonyl (C=O) groups excluding carboxylic acids is 1. The Labute approximate surface area is 128 Å². The summed E-state index contributed by atoms with van der Waals surface area (Å²) in [6, 6.07) is 8.40. The van der Waals surface area contributed by atoms with Crippen molar-refractivity contribution in [3.8, 4) is 0 Å². The Hall–Kier alpha value is -1.19. The van der Waals surface area contributed by atoms with E-state index in [0.717, 1.165) is 32.7 Å². The summed E-state index contributed by atoms with van der Waals surface area (Å²) in [4.78, 5) is 17.2. The van der Waals surface area contributed by atoms with E-state index in [9.17, 15) is 4.79 Å². The van der Waals surface area contributed by atoms with Crippen molar-refractivity contribution in [1.29, 1.82) is 0 Å². The van der Waals surface area contributed by atoms with Crippen molar-refractivity contribution in [3.05, 3.63) is 35.4 Å². The molecule has 0 saturated carbocycles. The van der Waals surface area contributed by atoms with E-state index < -0.39 is 0 Å². The highest BCUT2D eigenvalue weighted by molar-refractivity contribution is 5.85. The number of Topliss-reactive ketones (excluding diaryl/α,β-unsaturated/α-hetero) is 1. The Morgan fingerprint density at radius 2 is 1.62 bits per heavy atom. The SMILES string of the molecule is CN1CCN(Cc2ccccc2CC(=O)C(C)(C)C)CC1. The third kappa shape index (κ3) is 4.65. The van der Waals surface area contributed by atoms with E-state index in [2.05, 4.69) is 35.0 Å².